The van der Waals surface area contributed by atoms with Crippen molar-refractivity contribution in [3.63, 3.8) is 0 Å². The lowest BCUT2D eigenvalue weighted by Gasteiger charge is -2.14. The average Bonchev–Trinajstić information content (AvgIpc) is 2.58. The lowest BCUT2D eigenvalue weighted by atomic mass is 10.2. The fourth-order valence-electron chi connectivity index (χ4n) is 1.87. The minimum Gasteiger partial charge on any atom is -0.467 e. The molecule has 0 unspecified atom stereocenters. The molecule has 0 aliphatic heterocycles. The van der Waals surface area contributed by atoms with Crippen LogP contribution in [0, 0.1) is 0 Å². The van der Waals surface area contributed by atoms with Crippen LogP contribution < -0.4 is 19.5 Å². The van der Waals surface area contributed by atoms with Crippen molar-refractivity contribution in [1.29, 1.82) is 0 Å². The Balaban J connectivity index is 2.27. The predicted octanol–water partition coefficient (Wildman–Crippen LogP) is 2.31. The fourth-order valence-corrected chi connectivity index (χ4v) is 3.01. The highest BCUT2D eigenvalue weighted by Crippen LogP contribution is 2.33. The Morgan fingerprint density at radius 1 is 1.00 bits per heavy atom. The summed E-state index contributed by atoms with van der Waals surface area (Å²) in [5.74, 6) is -0.946. The van der Waals surface area contributed by atoms with Gasteiger partial charge in [0, 0.05) is 0 Å². The number of rotatable bonds is 5. The van der Waals surface area contributed by atoms with Gasteiger partial charge in [0.15, 0.2) is 0 Å². The maximum atomic E-state index is 13.0. The molecule has 0 bridgehead atoms. The number of urea groups is 1. The quantitative estimate of drug-likeness (QED) is 0.649. The number of hydrogen-bond donors (Lipinski definition) is 2. The smallest absolute Gasteiger partial charge is 0.467 e. The summed E-state index contributed by atoms with van der Waals surface area (Å²) in [6, 6.07) is -0.789. The summed E-state index contributed by atoms with van der Waals surface area (Å²) in [7, 11) is -4.09. The molecule has 0 aliphatic rings. The number of anilines is 1. The number of alkyl halides is 6. The first-order chi connectivity index (χ1) is 13.7. The molecule has 0 radical (unpaired) electrons. The lowest BCUT2D eigenvalue weighted by Crippen LogP contribution is -2.36. The van der Waals surface area contributed by atoms with E-state index < -0.39 is 57.0 Å². The van der Waals surface area contributed by atoms with Gasteiger partial charge in [0.2, 0.25) is 5.95 Å². The molecule has 1 heterocycles. The van der Waals surface area contributed by atoms with Crippen molar-refractivity contribution >= 4 is 22.0 Å². The molecule has 2 rings (SSSR count). The molecule has 10 nitrogen and oxygen atoms in total. The molecule has 1 aromatic carbocycles. The monoisotopic (exact) mass is 461 g/mol. The maximum Gasteiger partial charge on any atom is 0.575 e. The van der Waals surface area contributed by atoms with E-state index in [2.05, 4.69) is 24.4 Å². The number of benzene rings is 1. The number of halogens is 6. The zero-order valence-electron chi connectivity index (χ0n) is 14.4. The Labute approximate surface area is 163 Å². The number of methoxy groups -OCH3 is 1. The molecule has 164 valence electrons. The Bertz CT molecular complexity index is 1040. The molecule has 0 saturated carbocycles. The second-order valence-electron chi connectivity index (χ2n) is 5.03. The van der Waals surface area contributed by atoms with E-state index in [4.69, 9.17) is 0 Å². The van der Waals surface area contributed by atoms with Gasteiger partial charge in [-0.05, 0) is 12.1 Å². The van der Waals surface area contributed by atoms with Crippen molar-refractivity contribution < 1.29 is 49.0 Å². The van der Waals surface area contributed by atoms with Gasteiger partial charge in [0.1, 0.15) is 0 Å². The van der Waals surface area contributed by atoms with Gasteiger partial charge in [-0.25, -0.2) is 17.9 Å². The largest absolute Gasteiger partial charge is 0.575 e. The van der Waals surface area contributed by atoms with Crippen LogP contribution in [0.3, 0.4) is 0 Å². The summed E-state index contributed by atoms with van der Waals surface area (Å²) >= 11 is 0. The first-order valence-corrected chi connectivity index (χ1v) is 8.75. The van der Waals surface area contributed by atoms with Crippen LogP contribution in [0.25, 0.3) is 0 Å². The Morgan fingerprint density at radius 2 is 1.60 bits per heavy atom. The van der Waals surface area contributed by atoms with Crippen molar-refractivity contribution in [3.8, 4) is 12.0 Å². The third-order valence-corrected chi connectivity index (χ3v) is 4.31. The van der Waals surface area contributed by atoms with Crippen molar-refractivity contribution in [2.24, 2.45) is 0 Å². The van der Waals surface area contributed by atoms with Gasteiger partial charge < -0.3 is 9.47 Å². The Morgan fingerprint density at radius 3 is 2.17 bits per heavy atom. The number of carbonyl (C=O) groups excluding carboxylic acids is 1. The summed E-state index contributed by atoms with van der Waals surface area (Å²) in [6.45, 7) is 0. The zero-order valence-corrected chi connectivity index (χ0v) is 15.2. The van der Waals surface area contributed by atoms with Crippen LogP contribution in [0.5, 0.6) is 12.0 Å². The molecule has 0 saturated heterocycles. The van der Waals surface area contributed by atoms with Gasteiger partial charge in [-0.15, -0.1) is 18.2 Å². The second kappa shape index (κ2) is 8.17. The van der Waals surface area contributed by atoms with Crippen molar-refractivity contribution in [1.82, 2.24) is 19.7 Å². The van der Waals surface area contributed by atoms with E-state index in [1.54, 1.807) is 5.32 Å². The van der Waals surface area contributed by atoms with Crippen LogP contribution in [-0.4, -0.2) is 42.9 Å². The molecular weight excluding hydrogens is 452 g/mol. The molecule has 2 N–H and O–H groups in total. The van der Waals surface area contributed by atoms with E-state index in [9.17, 15) is 39.6 Å². The third-order valence-electron chi connectivity index (χ3n) is 2.92. The van der Waals surface area contributed by atoms with Crippen LogP contribution >= 0.6 is 0 Å². The Kier molecular flexibility index (Phi) is 6.24. The normalized spacial score (nSPS) is 12.2. The third kappa shape index (κ3) is 6.06. The van der Waals surface area contributed by atoms with Crippen molar-refractivity contribution in [2.45, 2.75) is 17.4 Å². The van der Waals surface area contributed by atoms with E-state index in [1.807, 2.05) is 0 Å². The second-order valence-corrected chi connectivity index (χ2v) is 6.68. The summed E-state index contributed by atoms with van der Waals surface area (Å²) in [4.78, 5) is 20.1. The van der Waals surface area contributed by atoms with E-state index in [0.717, 1.165) is 19.2 Å². The van der Waals surface area contributed by atoms with Crippen molar-refractivity contribution in [3.05, 3.63) is 29.8 Å². The van der Waals surface area contributed by atoms with Crippen molar-refractivity contribution in [2.75, 3.05) is 12.4 Å². The number of amides is 2. The standard InChI is InChI=1S/C13H9F6N5O5S/c1-28-10-21-8(22-11(23-10)29-13(17,18)19)20-9(25)24-30(26,27)7-5-3-2-4-6(7)12(14,15)16/h2-5H,1H3,(H2,20,21,22,23,24,25). The van der Waals surface area contributed by atoms with Gasteiger partial charge >= 0.3 is 30.6 Å². The SMILES string of the molecule is COc1nc(NC(=O)NS(=O)(=O)c2ccccc2C(F)(F)F)nc(OC(F)(F)F)n1. The van der Waals surface area contributed by atoms with Crippen LogP contribution in [0.15, 0.2) is 29.2 Å². The zero-order chi connectivity index (χ0) is 22.7. The van der Waals surface area contributed by atoms with E-state index in [1.165, 1.54) is 4.72 Å². The van der Waals surface area contributed by atoms with E-state index >= 15 is 0 Å². The van der Waals surface area contributed by atoms with Crippen LogP contribution in [0.2, 0.25) is 0 Å². The highest BCUT2D eigenvalue weighted by atomic mass is 32.2. The average molecular weight is 461 g/mol. The first-order valence-electron chi connectivity index (χ1n) is 7.27. The molecule has 2 amide bonds. The van der Waals surface area contributed by atoms with Gasteiger partial charge in [-0.1, -0.05) is 12.1 Å². The minimum atomic E-state index is -5.21. The molecule has 1 aromatic heterocycles. The van der Waals surface area contributed by atoms with Crippen LogP contribution in [0.1, 0.15) is 5.56 Å². The topological polar surface area (TPSA) is 132 Å². The molecule has 2 aromatic rings. The number of sulfonamides is 1. The van der Waals surface area contributed by atoms with Gasteiger partial charge in [0.05, 0.1) is 17.6 Å². The number of nitrogens with one attached hydrogen (secondary N) is 2. The molecule has 17 heteroatoms. The predicted molar refractivity (Wildman–Crippen MR) is 83.8 cm³/mol. The molecule has 0 atom stereocenters. The number of carbonyl (C=O) groups is 1. The number of aromatic nitrogens is 3. The van der Waals surface area contributed by atoms with Gasteiger partial charge in [-0.2, -0.15) is 23.1 Å². The minimum absolute atomic E-state index is 0.476. The number of hydrogen-bond acceptors (Lipinski definition) is 8. The highest BCUT2D eigenvalue weighted by Gasteiger charge is 2.37. The van der Waals surface area contributed by atoms with Crippen LogP contribution in [-0.2, 0) is 16.2 Å². The van der Waals surface area contributed by atoms with Crippen LogP contribution in [0.4, 0.5) is 37.1 Å². The molecule has 30 heavy (non-hydrogen) atoms. The highest BCUT2D eigenvalue weighted by molar-refractivity contribution is 7.90. The van der Waals surface area contributed by atoms with E-state index in [-0.39, 0.29) is 0 Å². The summed E-state index contributed by atoms with van der Waals surface area (Å²) in [6.07, 6.45) is -10.3. The molecule has 0 aliphatic carbocycles. The fraction of sp³-hybridized carbons (Fsp3) is 0.231. The summed E-state index contributed by atoms with van der Waals surface area (Å²) in [5, 5.41) is 1.63. The molecular formula is C13H9F6N5O5S. The van der Waals surface area contributed by atoms with Gasteiger partial charge in [-0.3, -0.25) is 5.32 Å². The lowest BCUT2D eigenvalue weighted by molar-refractivity contribution is -0.277. The van der Waals surface area contributed by atoms with E-state index in [0.29, 0.717) is 12.1 Å². The Hall–Kier alpha value is -3.37. The number of nitrogens with zero attached hydrogens (tertiary/aromatic N) is 3. The first kappa shape index (κ1) is 22.9. The summed E-state index contributed by atoms with van der Waals surface area (Å²) < 4.78 is 109. The number of ether oxygens (including phenoxy) is 2. The molecule has 0 spiro atoms. The summed E-state index contributed by atoms with van der Waals surface area (Å²) in [5.41, 5.74) is -1.55. The molecule has 0 fully saturated rings. The van der Waals surface area contributed by atoms with Gasteiger partial charge in [0.25, 0.3) is 10.0 Å². The maximum absolute atomic E-state index is 13.0.